The third kappa shape index (κ3) is 5.67. The van der Waals surface area contributed by atoms with Crippen LogP contribution >= 0.6 is 0 Å². The molecule has 2 N–H and O–H groups in total. The standard InChI is InChI=1S/C15H20F2N2O2/c1-10(19-14(20)7-8-18-12-5-6-12)11-3-2-4-13(9-11)21-15(16)17/h2-4,9-10,12,15,18H,5-8H2,1H3,(H,19,20). The van der Waals surface area contributed by atoms with Crippen molar-refractivity contribution in [3.05, 3.63) is 29.8 Å². The molecule has 0 spiro atoms. The Kier molecular flexibility index (Phi) is 5.50. The molecule has 1 aromatic rings. The maximum atomic E-state index is 12.2. The number of rotatable bonds is 8. The molecule has 1 aromatic carbocycles. The van der Waals surface area contributed by atoms with Crippen molar-refractivity contribution in [2.24, 2.45) is 0 Å². The SMILES string of the molecule is CC(NC(=O)CCNC1CC1)c1cccc(OC(F)F)c1. The van der Waals surface area contributed by atoms with E-state index in [9.17, 15) is 13.6 Å². The molecule has 2 rings (SSSR count). The minimum Gasteiger partial charge on any atom is -0.435 e. The van der Waals surface area contributed by atoms with Crippen LogP contribution in [-0.2, 0) is 4.79 Å². The van der Waals surface area contributed by atoms with Gasteiger partial charge < -0.3 is 15.4 Å². The fourth-order valence-corrected chi connectivity index (χ4v) is 2.03. The fourth-order valence-electron chi connectivity index (χ4n) is 2.03. The minimum absolute atomic E-state index is 0.0594. The molecular formula is C15H20F2N2O2. The first-order chi connectivity index (χ1) is 10.0. The number of ether oxygens (including phenoxy) is 1. The molecule has 1 atom stereocenters. The Morgan fingerprint density at radius 3 is 2.86 bits per heavy atom. The molecular weight excluding hydrogens is 278 g/mol. The summed E-state index contributed by atoms with van der Waals surface area (Å²) in [5.41, 5.74) is 0.733. The molecule has 1 amide bonds. The predicted octanol–water partition coefficient (Wildman–Crippen LogP) is 2.61. The molecule has 4 nitrogen and oxygen atoms in total. The van der Waals surface area contributed by atoms with Gasteiger partial charge in [-0.15, -0.1) is 0 Å². The number of carbonyl (C=O) groups excluding carboxylic acids is 1. The molecule has 0 heterocycles. The van der Waals surface area contributed by atoms with Gasteiger partial charge in [0.1, 0.15) is 5.75 Å². The predicted molar refractivity (Wildman–Crippen MR) is 75.3 cm³/mol. The quantitative estimate of drug-likeness (QED) is 0.775. The number of halogens is 2. The molecule has 6 heteroatoms. The molecule has 116 valence electrons. The lowest BCUT2D eigenvalue weighted by Gasteiger charge is -2.15. The van der Waals surface area contributed by atoms with Crippen LogP contribution in [0.5, 0.6) is 5.75 Å². The minimum atomic E-state index is -2.85. The highest BCUT2D eigenvalue weighted by Crippen LogP contribution is 2.21. The van der Waals surface area contributed by atoms with E-state index in [1.807, 2.05) is 6.92 Å². The summed E-state index contributed by atoms with van der Waals surface area (Å²) in [7, 11) is 0. The lowest BCUT2D eigenvalue weighted by Crippen LogP contribution is -2.30. The summed E-state index contributed by atoms with van der Waals surface area (Å²) in [5.74, 6) is 0.0369. The third-order valence-corrected chi connectivity index (χ3v) is 3.32. The van der Waals surface area contributed by atoms with E-state index in [1.54, 1.807) is 12.1 Å². The van der Waals surface area contributed by atoms with Gasteiger partial charge in [-0.25, -0.2) is 0 Å². The van der Waals surface area contributed by atoms with Gasteiger partial charge in [0.25, 0.3) is 0 Å². The van der Waals surface area contributed by atoms with Crippen LogP contribution in [0.1, 0.15) is 37.8 Å². The molecule has 0 aromatic heterocycles. The highest BCUT2D eigenvalue weighted by atomic mass is 19.3. The second kappa shape index (κ2) is 7.36. The molecule has 1 unspecified atom stereocenters. The van der Waals surface area contributed by atoms with Gasteiger partial charge in [-0.3, -0.25) is 4.79 Å². The number of benzene rings is 1. The Morgan fingerprint density at radius 2 is 2.19 bits per heavy atom. The maximum absolute atomic E-state index is 12.2. The zero-order valence-electron chi connectivity index (χ0n) is 11.9. The largest absolute Gasteiger partial charge is 0.435 e. The Labute approximate surface area is 122 Å². The van der Waals surface area contributed by atoms with Gasteiger partial charge in [0.15, 0.2) is 0 Å². The Balaban J connectivity index is 1.80. The van der Waals surface area contributed by atoms with Gasteiger partial charge in [-0.05, 0) is 37.5 Å². The van der Waals surface area contributed by atoms with Crippen molar-refractivity contribution in [1.82, 2.24) is 10.6 Å². The number of nitrogens with one attached hydrogen (secondary N) is 2. The summed E-state index contributed by atoms with van der Waals surface area (Å²) < 4.78 is 28.7. The molecule has 1 aliphatic carbocycles. The summed E-state index contributed by atoms with van der Waals surface area (Å²) in [4.78, 5) is 11.8. The van der Waals surface area contributed by atoms with Crippen molar-refractivity contribution in [3.8, 4) is 5.75 Å². The topological polar surface area (TPSA) is 50.4 Å². The van der Waals surface area contributed by atoms with Gasteiger partial charge in [-0.1, -0.05) is 12.1 Å². The average molecular weight is 298 g/mol. The smallest absolute Gasteiger partial charge is 0.387 e. The lowest BCUT2D eigenvalue weighted by molar-refractivity contribution is -0.121. The van der Waals surface area contributed by atoms with Crippen LogP contribution in [0.15, 0.2) is 24.3 Å². The van der Waals surface area contributed by atoms with E-state index < -0.39 is 6.61 Å². The second-order valence-electron chi connectivity index (χ2n) is 5.22. The number of hydrogen-bond donors (Lipinski definition) is 2. The van der Waals surface area contributed by atoms with Crippen LogP contribution in [-0.4, -0.2) is 25.1 Å². The summed E-state index contributed by atoms with van der Waals surface area (Å²) in [6.07, 6.45) is 2.79. The van der Waals surface area contributed by atoms with Crippen LogP contribution in [0.2, 0.25) is 0 Å². The maximum Gasteiger partial charge on any atom is 0.387 e. The van der Waals surface area contributed by atoms with Gasteiger partial charge >= 0.3 is 6.61 Å². The molecule has 0 radical (unpaired) electrons. The van der Waals surface area contributed by atoms with Crippen LogP contribution in [0.3, 0.4) is 0 Å². The molecule has 21 heavy (non-hydrogen) atoms. The van der Waals surface area contributed by atoms with E-state index in [2.05, 4.69) is 15.4 Å². The Hall–Kier alpha value is -1.69. The first-order valence-electron chi connectivity index (χ1n) is 7.12. The van der Waals surface area contributed by atoms with Crippen molar-refractivity contribution in [3.63, 3.8) is 0 Å². The number of amides is 1. The monoisotopic (exact) mass is 298 g/mol. The van der Waals surface area contributed by atoms with E-state index in [0.29, 0.717) is 19.0 Å². The van der Waals surface area contributed by atoms with Crippen molar-refractivity contribution in [2.75, 3.05) is 6.54 Å². The van der Waals surface area contributed by atoms with Crippen LogP contribution in [0, 0.1) is 0 Å². The first kappa shape index (κ1) is 15.7. The van der Waals surface area contributed by atoms with Crippen molar-refractivity contribution in [1.29, 1.82) is 0 Å². The van der Waals surface area contributed by atoms with E-state index in [-0.39, 0.29) is 17.7 Å². The van der Waals surface area contributed by atoms with Gasteiger partial charge in [0.2, 0.25) is 5.91 Å². The van der Waals surface area contributed by atoms with Crippen molar-refractivity contribution < 1.29 is 18.3 Å². The zero-order chi connectivity index (χ0) is 15.2. The Morgan fingerprint density at radius 1 is 1.43 bits per heavy atom. The lowest BCUT2D eigenvalue weighted by atomic mass is 10.1. The summed E-state index contributed by atoms with van der Waals surface area (Å²) in [6, 6.07) is 6.71. The molecule has 1 fully saturated rings. The zero-order valence-corrected chi connectivity index (χ0v) is 11.9. The second-order valence-corrected chi connectivity index (χ2v) is 5.22. The first-order valence-corrected chi connectivity index (χ1v) is 7.12. The summed E-state index contributed by atoms with van der Waals surface area (Å²) >= 11 is 0. The Bertz CT molecular complexity index is 478. The summed E-state index contributed by atoms with van der Waals surface area (Å²) in [6.45, 7) is -0.371. The van der Waals surface area contributed by atoms with E-state index in [0.717, 1.165) is 5.56 Å². The number of carbonyl (C=O) groups is 1. The van der Waals surface area contributed by atoms with E-state index in [1.165, 1.54) is 25.0 Å². The molecule has 0 bridgehead atoms. The van der Waals surface area contributed by atoms with Gasteiger partial charge in [0, 0.05) is 19.0 Å². The third-order valence-electron chi connectivity index (χ3n) is 3.32. The molecule has 0 aliphatic heterocycles. The molecule has 0 saturated heterocycles. The van der Waals surface area contributed by atoms with E-state index >= 15 is 0 Å². The highest BCUT2D eigenvalue weighted by Gasteiger charge is 2.20. The number of hydrogen-bond acceptors (Lipinski definition) is 3. The number of alkyl halides is 2. The molecule has 1 saturated carbocycles. The average Bonchev–Trinajstić information content (AvgIpc) is 3.22. The van der Waals surface area contributed by atoms with E-state index in [4.69, 9.17) is 0 Å². The van der Waals surface area contributed by atoms with Crippen LogP contribution < -0.4 is 15.4 Å². The van der Waals surface area contributed by atoms with Crippen LogP contribution in [0.25, 0.3) is 0 Å². The highest BCUT2D eigenvalue weighted by molar-refractivity contribution is 5.76. The van der Waals surface area contributed by atoms with Gasteiger partial charge in [0.05, 0.1) is 6.04 Å². The molecule has 1 aliphatic rings. The van der Waals surface area contributed by atoms with Crippen LogP contribution in [0.4, 0.5) is 8.78 Å². The summed E-state index contributed by atoms with van der Waals surface area (Å²) in [5, 5.41) is 6.12. The van der Waals surface area contributed by atoms with Gasteiger partial charge in [-0.2, -0.15) is 8.78 Å². The van der Waals surface area contributed by atoms with Crippen molar-refractivity contribution >= 4 is 5.91 Å². The normalized spacial score (nSPS) is 15.8. The van der Waals surface area contributed by atoms with Crippen molar-refractivity contribution in [2.45, 2.75) is 44.9 Å². The fraction of sp³-hybridized carbons (Fsp3) is 0.533.